The van der Waals surface area contributed by atoms with E-state index >= 15 is 0 Å². The predicted octanol–water partition coefficient (Wildman–Crippen LogP) is 2.98. The van der Waals surface area contributed by atoms with Gasteiger partial charge in [0.05, 0.1) is 0 Å². The second-order valence-corrected chi connectivity index (χ2v) is 6.24. The van der Waals surface area contributed by atoms with Gasteiger partial charge in [-0.05, 0) is 6.92 Å². The molecule has 2 unspecified atom stereocenters. The van der Waals surface area contributed by atoms with Crippen molar-refractivity contribution in [3.63, 3.8) is 0 Å². The summed E-state index contributed by atoms with van der Waals surface area (Å²) in [6, 6.07) is 6.91. The van der Waals surface area contributed by atoms with E-state index in [-0.39, 0.29) is 11.6 Å². The highest BCUT2D eigenvalue weighted by atomic mass is 79.9. The zero-order chi connectivity index (χ0) is 11.2. The molecule has 0 radical (unpaired) electrons. The third kappa shape index (κ3) is 1.51. The molecule has 0 aromatic heterocycles. The monoisotopic (exact) mass is 330 g/mol. The Bertz CT molecular complexity index is 452. The molecule has 0 saturated carbocycles. The maximum absolute atomic E-state index is 12.1. The van der Waals surface area contributed by atoms with E-state index in [0.717, 1.165) is 0 Å². The summed E-state index contributed by atoms with van der Waals surface area (Å²) in [5.41, 5.74) is 0.999. The Kier molecular flexibility index (Phi) is 2.59. The molecule has 0 amide bonds. The smallest absolute Gasteiger partial charge is 0.181 e. The van der Waals surface area contributed by atoms with Gasteiger partial charge in [0, 0.05) is 11.1 Å². The molecule has 1 aromatic carbocycles. The van der Waals surface area contributed by atoms with Gasteiger partial charge in [-0.15, -0.1) is 0 Å². The first-order valence-electron chi connectivity index (χ1n) is 4.47. The van der Waals surface area contributed by atoms with E-state index in [4.69, 9.17) is 0 Å². The van der Waals surface area contributed by atoms with Gasteiger partial charge in [-0.1, -0.05) is 56.1 Å². The van der Waals surface area contributed by atoms with Gasteiger partial charge in [0.1, 0.15) is 9.15 Å². The van der Waals surface area contributed by atoms with Crippen LogP contribution in [0, 0.1) is 0 Å². The van der Waals surface area contributed by atoms with Crippen LogP contribution < -0.4 is 0 Å². The number of benzene rings is 1. The van der Waals surface area contributed by atoms with Crippen LogP contribution >= 0.6 is 31.9 Å². The van der Waals surface area contributed by atoms with Crippen molar-refractivity contribution in [3.05, 3.63) is 35.4 Å². The van der Waals surface area contributed by atoms with Crippen LogP contribution in [0.2, 0.25) is 0 Å². The number of alkyl halides is 2. The molecular formula is C11H8Br2O2. The first-order chi connectivity index (χ1) is 6.96. The lowest BCUT2D eigenvalue weighted by atomic mass is 9.83. The molecule has 0 fully saturated rings. The average Bonchev–Trinajstić information content (AvgIpc) is 2.24. The largest absolute Gasteiger partial charge is 0.293 e. The molecule has 1 aliphatic carbocycles. The number of hydrogen-bond donors (Lipinski definition) is 0. The highest BCUT2D eigenvalue weighted by molar-refractivity contribution is 9.13. The van der Waals surface area contributed by atoms with Crippen molar-refractivity contribution >= 4 is 43.4 Å². The summed E-state index contributed by atoms with van der Waals surface area (Å²) < 4.78 is -0.849. The van der Waals surface area contributed by atoms with Crippen molar-refractivity contribution in [2.24, 2.45) is 0 Å². The number of hydrogen-bond acceptors (Lipinski definition) is 2. The van der Waals surface area contributed by atoms with Crippen molar-refractivity contribution in [3.8, 4) is 0 Å². The van der Waals surface area contributed by atoms with Gasteiger partial charge in [-0.25, -0.2) is 0 Å². The summed E-state index contributed by atoms with van der Waals surface area (Å²) in [4.78, 5) is 23.5. The Hall–Kier alpha value is -0.480. The van der Waals surface area contributed by atoms with Gasteiger partial charge in [0.15, 0.2) is 11.6 Å². The summed E-state index contributed by atoms with van der Waals surface area (Å²) in [6.07, 6.45) is 0. The Morgan fingerprint density at radius 1 is 1.20 bits per heavy atom. The molecule has 2 nitrogen and oxygen atoms in total. The maximum Gasteiger partial charge on any atom is 0.181 e. The number of carbonyl (C=O) groups is 2. The van der Waals surface area contributed by atoms with E-state index < -0.39 is 9.15 Å². The van der Waals surface area contributed by atoms with Crippen LogP contribution in [0.15, 0.2) is 24.3 Å². The highest BCUT2D eigenvalue weighted by Crippen LogP contribution is 2.38. The normalized spacial score (nSPS) is 30.2. The van der Waals surface area contributed by atoms with Crippen molar-refractivity contribution in [1.82, 2.24) is 0 Å². The third-order valence-electron chi connectivity index (χ3n) is 2.59. The van der Waals surface area contributed by atoms with Crippen LogP contribution in [-0.4, -0.2) is 20.7 Å². The third-order valence-corrected chi connectivity index (χ3v) is 5.35. The Morgan fingerprint density at radius 3 is 2.33 bits per heavy atom. The number of Topliss-reactive ketones (excluding diaryl/α,β-unsaturated/α-hetero) is 2. The summed E-state index contributed by atoms with van der Waals surface area (Å²) in [6.45, 7) is 1.71. The van der Waals surface area contributed by atoms with Gasteiger partial charge in [-0.3, -0.25) is 9.59 Å². The fourth-order valence-corrected chi connectivity index (χ4v) is 2.53. The van der Waals surface area contributed by atoms with Crippen molar-refractivity contribution in [2.45, 2.75) is 16.1 Å². The Balaban J connectivity index is 2.68. The van der Waals surface area contributed by atoms with Gasteiger partial charge in [0.25, 0.3) is 0 Å². The molecule has 78 valence electrons. The number of fused-ring (bicyclic) bond motifs is 1. The second-order valence-electron chi connectivity index (χ2n) is 3.68. The minimum Gasteiger partial charge on any atom is -0.293 e. The first kappa shape index (κ1) is 11.0. The molecule has 2 rings (SSSR count). The summed E-state index contributed by atoms with van der Waals surface area (Å²) in [5.74, 6) is -0.107. The highest BCUT2D eigenvalue weighted by Gasteiger charge is 2.47. The number of ketones is 2. The molecule has 2 atom stereocenters. The minimum atomic E-state index is -0.849. The fraction of sp³-hybridized carbons (Fsp3) is 0.273. The van der Waals surface area contributed by atoms with Crippen molar-refractivity contribution in [1.29, 1.82) is 0 Å². The van der Waals surface area contributed by atoms with E-state index in [2.05, 4.69) is 31.9 Å². The Labute approximate surface area is 104 Å². The van der Waals surface area contributed by atoms with E-state index in [1.54, 1.807) is 31.2 Å². The fourth-order valence-electron chi connectivity index (χ4n) is 1.66. The van der Waals surface area contributed by atoms with E-state index in [0.29, 0.717) is 11.1 Å². The molecule has 1 aromatic rings. The molecule has 4 heteroatoms. The van der Waals surface area contributed by atoms with Crippen LogP contribution in [0.5, 0.6) is 0 Å². The van der Waals surface area contributed by atoms with E-state index in [1.165, 1.54) is 0 Å². The summed E-state index contributed by atoms with van der Waals surface area (Å²) in [5, 5.41) is 0. The van der Waals surface area contributed by atoms with Gasteiger partial charge in [-0.2, -0.15) is 0 Å². The van der Waals surface area contributed by atoms with Crippen LogP contribution in [-0.2, 0) is 0 Å². The topological polar surface area (TPSA) is 34.1 Å². The summed E-state index contributed by atoms with van der Waals surface area (Å²) >= 11 is 6.58. The number of carbonyl (C=O) groups excluding carboxylic acids is 2. The lowest BCUT2D eigenvalue weighted by molar-refractivity contribution is 0.0870. The van der Waals surface area contributed by atoms with E-state index in [1.807, 2.05) is 0 Å². The SMILES string of the molecule is CC1(Br)C(=O)c2ccccc2C(=O)C1Br. The van der Waals surface area contributed by atoms with Gasteiger partial charge >= 0.3 is 0 Å². The van der Waals surface area contributed by atoms with Crippen LogP contribution in [0.3, 0.4) is 0 Å². The van der Waals surface area contributed by atoms with Crippen molar-refractivity contribution < 1.29 is 9.59 Å². The lowest BCUT2D eigenvalue weighted by Gasteiger charge is -2.31. The number of rotatable bonds is 0. The number of halogens is 2. The molecule has 0 heterocycles. The van der Waals surface area contributed by atoms with E-state index in [9.17, 15) is 9.59 Å². The molecule has 0 N–H and O–H groups in total. The quantitative estimate of drug-likeness (QED) is 0.685. The molecule has 0 aliphatic heterocycles. The zero-order valence-electron chi connectivity index (χ0n) is 7.96. The summed E-state index contributed by atoms with van der Waals surface area (Å²) in [7, 11) is 0. The minimum absolute atomic E-state index is 0.0513. The molecule has 1 aliphatic rings. The second kappa shape index (κ2) is 3.52. The zero-order valence-corrected chi connectivity index (χ0v) is 11.1. The molecule has 0 bridgehead atoms. The predicted molar refractivity (Wildman–Crippen MR) is 65.2 cm³/mol. The molecule has 0 saturated heterocycles. The molecule has 0 spiro atoms. The molecular weight excluding hydrogens is 324 g/mol. The molecule has 15 heavy (non-hydrogen) atoms. The Morgan fingerprint density at radius 2 is 1.73 bits per heavy atom. The van der Waals surface area contributed by atoms with Gasteiger partial charge in [0.2, 0.25) is 0 Å². The van der Waals surface area contributed by atoms with Crippen LogP contribution in [0.4, 0.5) is 0 Å². The average molecular weight is 332 g/mol. The standard InChI is InChI=1S/C11H8Br2O2/c1-11(13)9(12)8(14)6-4-2-3-5-7(6)10(11)15/h2-5,9H,1H3. The van der Waals surface area contributed by atoms with Gasteiger partial charge < -0.3 is 0 Å². The van der Waals surface area contributed by atoms with Crippen LogP contribution in [0.1, 0.15) is 27.6 Å². The lowest BCUT2D eigenvalue weighted by Crippen LogP contribution is -2.47. The maximum atomic E-state index is 12.1. The first-order valence-corrected chi connectivity index (χ1v) is 6.18. The van der Waals surface area contributed by atoms with Crippen molar-refractivity contribution in [2.75, 3.05) is 0 Å². The van der Waals surface area contributed by atoms with Crippen LogP contribution in [0.25, 0.3) is 0 Å².